The first kappa shape index (κ1) is 12.1. The van der Waals surface area contributed by atoms with Gasteiger partial charge < -0.3 is 0 Å². The molecule has 0 aliphatic carbocycles. The Morgan fingerprint density at radius 1 is 1.18 bits per heavy atom. The van der Waals surface area contributed by atoms with Crippen LogP contribution in [0, 0.1) is 0 Å². The Kier molecular flexibility index (Phi) is 4.15. The highest BCUT2D eigenvalue weighted by molar-refractivity contribution is 6.17. The molecule has 0 fully saturated rings. The number of para-hydroxylation sites is 1. The third-order valence-electron chi connectivity index (χ3n) is 2.77. The standard InChI is InChI=1S/C13H15ClN2O/c14-8-4-1-5-9-16-12-7-3-2-6-11(12)13(17)10-15-16/h2-3,6-7,10H,1,4-5,8-9H2. The van der Waals surface area contributed by atoms with Crippen molar-refractivity contribution in [2.24, 2.45) is 0 Å². The van der Waals surface area contributed by atoms with Crippen molar-refractivity contribution in [3.63, 3.8) is 0 Å². The fourth-order valence-electron chi connectivity index (χ4n) is 1.87. The molecule has 0 aliphatic rings. The molecule has 0 N–H and O–H groups in total. The van der Waals surface area contributed by atoms with Gasteiger partial charge in [0.15, 0.2) is 0 Å². The Morgan fingerprint density at radius 3 is 2.82 bits per heavy atom. The molecule has 17 heavy (non-hydrogen) atoms. The van der Waals surface area contributed by atoms with Crippen LogP contribution in [0.3, 0.4) is 0 Å². The molecular weight excluding hydrogens is 236 g/mol. The van der Waals surface area contributed by atoms with Gasteiger partial charge in [-0.2, -0.15) is 5.10 Å². The van der Waals surface area contributed by atoms with Gasteiger partial charge in [0.2, 0.25) is 5.43 Å². The van der Waals surface area contributed by atoms with Crippen molar-refractivity contribution in [1.29, 1.82) is 0 Å². The number of nitrogens with zero attached hydrogens (tertiary/aromatic N) is 2. The van der Waals surface area contributed by atoms with Crippen LogP contribution in [-0.4, -0.2) is 15.7 Å². The smallest absolute Gasteiger partial charge is 0.207 e. The number of hydrogen-bond donors (Lipinski definition) is 0. The molecule has 2 rings (SSSR count). The molecule has 2 aromatic rings. The van der Waals surface area contributed by atoms with Crippen molar-refractivity contribution in [2.45, 2.75) is 25.8 Å². The van der Waals surface area contributed by atoms with Gasteiger partial charge in [-0.3, -0.25) is 9.48 Å². The quantitative estimate of drug-likeness (QED) is 0.604. The Labute approximate surface area is 105 Å². The van der Waals surface area contributed by atoms with Crippen LogP contribution in [0.1, 0.15) is 19.3 Å². The summed E-state index contributed by atoms with van der Waals surface area (Å²) in [5.74, 6) is 0.707. The van der Waals surface area contributed by atoms with Crippen LogP contribution >= 0.6 is 11.6 Å². The summed E-state index contributed by atoms with van der Waals surface area (Å²) in [5, 5.41) is 4.91. The van der Waals surface area contributed by atoms with Crippen molar-refractivity contribution in [3.8, 4) is 0 Å². The van der Waals surface area contributed by atoms with Crippen molar-refractivity contribution < 1.29 is 0 Å². The van der Waals surface area contributed by atoms with Crippen molar-refractivity contribution >= 4 is 22.5 Å². The summed E-state index contributed by atoms with van der Waals surface area (Å²) in [5.41, 5.74) is 0.892. The summed E-state index contributed by atoms with van der Waals surface area (Å²) in [6.45, 7) is 0.831. The van der Waals surface area contributed by atoms with Gasteiger partial charge in [0, 0.05) is 17.8 Å². The van der Waals surface area contributed by atoms with E-state index in [2.05, 4.69) is 5.10 Å². The molecule has 0 saturated carbocycles. The third kappa shape index (κ3) is 2.86. The van der Waals surface area contributed by atoms with Crippen LogP contribution in [0.25, 0.3) is 10.9 Å². The van der Waals surface area contributed by atoms with Gasteiger partial charge in [0.05, 0.1) is 11.7 Å². The van der Waals surface area contributed by atoms with Crippen LogP contribution in [0.4, 0.5) is 0 Å². The molecule has 1 heterocycles. The largest absolute Gasteiger partial charge is 0.287 e. The predicted octanol–water partition coefficient (Wildman–Crippen LogP) is 2.81. The van der Waals surface area contributed by atoms with E-state index in [9.17, 15) is 4.79 Å². The van der Waals surface area contributed by atoms with Crippen LogP contribution < -0.4 is 5.43 Å². The van der Waals surface area contributed by atoms with E-state index in [1.165, 1.54) is 6.20 Å². The van der Waals surface area contributed by atoms with Gasteiger partial charge in [-0.15, -0.1) is 11.6 Å². The summed E-state index contributed by atoms with van der Waals surface area (Å²) < 4.78 is 1.89. The third-order valence-corrected chi connectivity index (χ3v) is 3.03. The lowest BCUT2D eigenvalue weighted by Crippen LogP contribution is -2.12. The summed E-state index contributed by atoms with van der Waals surface area (Å²) in [6, 6.07) is 7.58. The average molecular weight is 251 g/mol. The second-order valence-corrected chi connectivity index (χ2v) is 4.38. The molecule has 0 amide bonds. The van der Waals surface area contributed by atoms with E-state index in [-0.39, 0.29) is 5.43 Å². The van der Waals surface area contributed by atoms with Crippen molar-refractivity contribution in [2.75, 3.05) is 5.88 Å². The van der Waals surface area contributed by atoms with E-state index in [4.69, 9.17) is 11.6 Å². The number of unbranched alkanes of at least 4 members (excludes halogenated alkanes) is 2. The molecule has 4 heteroatoms. The van der Waals surface area contributed by atoms with Gasteiger partial charge in [0.1, 0.15) is 0 Å². The maximum atomic E-state index is 11.6. The molecule has 1 aromatic carbocycles. The number of halogens is 1. The molecule has 0 radical (unpaired) electrons. The fraction of sp³-hybridized carbons (Fsp3) is 0.385. The van der Waals surface area contributed by atoms with Crippen LogP contribution in [-0.2, 0) is 6.54 Å². The molecule has 3 nitrogen and oxygen atoms in total. The maximum Gasteiger partial charge on any atom is 0.207 e. The van der Waals surface area contributed by atoms with E-state index >= 15 is 0 Å². The second kappa shape index (κ2) is 5.82. The summed E-state index contributed by atoms with van der Waals surface area (Å²) in [7, 11) is 0. The second-order valence-electron chi connectivity index (χ2n) is 4.00. The van der Waals surface area contributed by atoms with Gasteiger partial charge in [-0.05, 0) is 25.0 Å². The van der Waals surface area contributed by atoms with E-state index in [1.807, 2.05) is 28.9 Å². The van der Waals surface area contributed by atoms with E-state index in [0.29, 0.717) is 5.88 Å². The highest BCUT2D eigenvalue weighted by atomic mass is 35.5. The van der Waals surface area contributed by atoms with E-state index in [0.717, 1.165) is 36.7 Å². The SMILES string of the molecule is O=c1cnn(CCCCCCl)c2ccccc12. The molecule has 1 aromatic heterocycles. The summed E-state index contributed by atoms with van der Waals surface area (Å²) in [4.78, 5) is 11.6. The predicted molar refractivity (Wildman–Crippen MR) is 70.6 cm³/mol. The molecule has 0 bridgehead atoms. The van der Waals surface area contributed by atoms with Crippen LogP contribution in [0.5, 0.6) is 0 Å². The first-order chi connectivity index (χ1) is 8.33. The number of fused-ring (bicyclic) bond motifs is 1. The minimum Gasteiger partial charge on any atom is -0.287 e. The molecule has 0 aliphatic heterocycles. The van der Waals surface area contributed by atoms with Gasteiger partial charge in [-0.1, -0.05) is 18.6 Å². The number of rotatable bonds is 5. The summed E-state index contributed by atoms with van der Waals surface area (Å²) >= 11 is 5.64. The van der Waals surface area contributed by atoms with Crippen molar-refractivity contribution in [1.82, 2.24) is 9.78 Å². The molecule has 90 valence electrons. The fourth-order valence-corrected chi connectivity index (χ4v) is 2.06. The number of aryl methyl sites for hydroxylation is 1. The lowest BCUT2D eigenvalue weighted by Gasteiger charge is -2.08. The van der Waals surface area contributed by atoms with Crippen molar-refractivity contribution in [3.05, 3.63) is 40.7 Å². The normalized spacial score (nSPS) is 10.9. The Morgan fingerprint density at radius 2 is 2.00 bits per heavy atom. The topological polar surface area (TPSA) is 34.9 Å². The Bertz CT molecular complexity index is 550. The summed E-state index contributed by atoms with van der Waals surface area (Å²) in [6.07, 6.45) is 4.54. The van der Waals surface area contributed by atoms with Gasteiger partial charge in [-0.25, -0.2) is 0 Å². The first-order valence-corrected chi connectivity index (χ1v) is 6.37. The Hall–Kier alpha value is -1.35. The van der Waals surface area contributed by atoms with E-state index < -0.39 is 0 Å². The minimum atomic E-state index is -0.0161. The molecular formula is C13H15ClN2O. The zero-order valence-corrected chi connectivity index (χ0v) is 10.4. The minimum absolute atomic E-state index is 0.0161. The van der Waals surface area contributed by atoms with Gasteiger partial charge >= 0.3 is 0 Å². The highest BCUT2D eigenvalue weighted by Gasteiger charge is 2.02. The molecule has 0 spiro atoms. The number of benzene rings is 1. The number of alkyl halides is 1. The van der Waals surface area contributed by atoms with Gasteiger partial charge in [0.25, 0.3) is 0 Å². The van der Waals surface area contributed by atoms with E-state index in [1.54, 1.807) is 0 Å². The lowest BCUT2D eigenvalue weighted by atomic mass is 10.2. The zero-order chi connectivity index (χ0) is 12.1. The number of hydrogen-bond acceptors (Lipinski definition) is 2. The lowest BCUT2D eigenvalue weighted by molar-refractivity contribution is 0.561. The maximum absolute atomic E-state index is 11.6. The molecule has 0 unspecified atom stereocenters. The van der Waals surface area contributed by atoms with Crippen LogP contribution in [0.2, 0.25) is 0 Å². The highest BCUT2D eigenvalue weighted by Crippen LogP contribution is 2.09. The van der Waals surface area contributed by atoms with Crippen LogP contribution in [0.15, 0.2) is 35.3 Å². The monoisotopic (exact) mass is 250 g/mol. The molecule has 0 atom stereocenters. The first-order valence-electron chi connectivity index (χ1n) is 5.84. The molecule has 0 saturated heterocycles. The zero-order valence-electron chi connectivity index (χ0n) is 9.60. The Balaban J connectivity index is 2.23. The number of aromatic nitrogens is 2. The average Bonchev–Trinajstić information content (AvgIpc) is 2.37.